The van der Waals surface area contributed by atoms with Crippen molar-refractivity contribution in [3.05, 3.63) is 83.4 Å². The predicted molar refractivity (Wildman–Crippen MR) is 157 cm³/mol. The first kappa shape index (κ1) is 30.4. The number of hydrogen-bond donors (Lipinski definition) is 1. The average molecular weight is 600 g/mol. The topological polar surface area (TPSA) is 131 Å². The van der Waals surface area contributed by atoms with Crippen molar-refractivity contribution in [3.63, 3.8) is 0 Å². The van der Waals surface area contributed by atoms with Crippen LogP contribution in [0.2, 0.25) is 0 Å². The summed E-state index contributed by atoms with van der Waals surface area (Å²) in [5, 5.41) is 16.5. The first-order chi connectivity index (χ1) is 20.9. The van der Waals surface area contributed by atoms with Gasteiger partial charge in [0.15, 0.2) is 11.6 Å². The summed E-state index contributed by atoms with van der Waals surface area (Å²) in [4.78, 5) is 49.1. The summed E-state index contributed by atoms with van der Waals surface area (Å²) in [7, 11) is 0. The number of aromatic nitrogens is 2. The number of fused-ring (bicyclic) bond motifs is 2. The molecule has 9 nitrogen and oxygen atoms in total. The van der Waals surface area contributed by atoms with Crippen LogP contribution in [0.15, 0.2) is 61.1 Å². The van der Waals surface area contributed by atoms with Gasteiger partial charge in [-0.25, -0.2) is 0 Å². The number of hydrogen-bond acceptors (Lipinski definition) is 9. The molecule has 218 valence electrons. The van der Waals surface area contributed by atoms with E-state index >= 15 is 0 Å². The SMILES string of the molecule is CCOc1cc(C(=O)[C@@H]2C(=O)c3cc(-c4cncc(C(=O)[O-])c4)ccc3OC23CCNCC3)cc2c(C3CC3)nccc12.[Na+]. The second kappa shape index (κ2) is 12.0. The van der Waals surface area contributed by atoms with Crippen molar-refractivity contribution >= 4 is 28.3 Å². The van der Waals surface area contributed by atoms with E-state index in [1.165, 1.54) is 18.5 Å². The van der Waals surface area contributed by atoms with Crippen molar-refractivity contribution in [2.45, 2.75) is 44.1 Å². The van der Waals surface area contributed by atoms with Gasteiger partial charge < -0.3 is 24.7 Å². The molecule has 0 bridgehead atoms. The van der Waals surface area contributed by atoms with Crippen molar-refractivity contribution in [3.8, 4) is 22.6 Å². The molecule has 1 saturated carbocycles. The molecule has 0 unspecified atom stereocenters. The summed E-state index contributed by atoms with van der Waals surface area (Å²) in [5.74, 6) is -1.67. The Kier molecular flexibility index (Phi) is 8.32. The summed E-state index contributed by atoms with van der Waals surface area (Å²) in [5.41, 5.74) is 1.67. The number of carbonyl (C=O) groups excluding carboxylic acids is 3. The maximum absolute atomic E-state index is 14.6. The van der Waals surface area contributed by atoms with E-state index in [0.717, 1.165) is 29.3 Å². The van der Waals surface area contributed by atoms with Gasteiger partial charge in [0.1, 0.15) is 23.0 Å². The zero-order valence-corrected chi connectivity index (χ0v) is 26.7. The summed E-state index contributed by atoms with van der Waals surface area (Å²) >= 11 is 0. The number of Topliss-reactive ketones (excluding diaryl/α,β-unsaturated/α-hetero) is 2. The predicted octanol–water partition coefficient (Wildman–Crippen LogP) is 1.14. The Morgan fingerprint density at radius 1 is 1.02 bits per heavy atom. The Balaban J connectivity index is 0.00000343. The normalized spacial score (nSPS) is 18.7. The zero-order valence-electron chi connectivity index (χ0n) is 24.7. The number of ketones is 2. The van der Waals surface area contributed by atoms with Gasteiger partial charge in [-0.05, 0) is 74.8 Å². The monoisotopic (exact) mass is 599 g/mol. The van der Waals surface area contributed by atoms with Crippen LogP contribution in [-0.4, -0.2) is 52.8 Å². The Hall–Kier alpha value is -3.63. The molecule has 3 aliphatic rings. The summed E-state index contributed by atoms with van der Waals surface area (Å²) in [6, 6.07) is 12.1. The van der Waals surface area contributed by atoms with Crippen molar-refractivity contribution in [1.29, 1.82) is 0 Å². The largest absolute Gasteiger partial charge is 1.00 e. The fraction of sp³-hybridized carbons (Fsp3) is 0.324. The molecule has 2 aromatic carbocycles. The van der Waals surface area contributed by atoms with Crippen LogP contribution < -0.4 is 49.5 Å². The van der Waals surface area contributed by atoms with E-state index in [9.17, 15) is 19.5 Å². The first-order valence-electron chi connectivity index (χ1n) is 14.7. The molecule has 1 saturated heterocycles. The molecule has 4 heterocycles. The molecule has 1 spiro atoms. The molecule has 2 fully saturated rings. The maximum Gasteiger partial charge on any atom is 1.00 e. The first-order valence-corrected chi connectivity index (χ1v) is 14.7. The molecule has 7 rings (SSSR count). The number of piperidine rings is 1. The number of ether oxygens (including phenoxy) is 2. The van der Waals surface area contributed by atoms with Gasteiger partial charge in [-0.2, -0.15) is 0 Å². The number of nitrogens with one attached hydrogen (secondary N) is 1. The van der Waals surface area contributed by atoms with Gasteiger partial charge in [0.2, 0.25) is 0 Å². The van der Waals surface area contributed by atoms with Gasteiger partial charge in [0, 0.05) is 64.8 Å². The van der Waals surface area contributed by atoms with Gasteiger partial charge in [0.25, 0.3) is 0 Å². The second-order valence-corrected chi connectivity index (χ2v) is 11.5. The minimum absolute atomic E-state index is 0. The van der Waals surface area contributed by atoms with Crippen LogP contribution in [0.4, 0.5) is 0 Å². The quantitative estimate of drug-likeness (QED) is 0.189. The molecule has 1 atom stereocenters. The number of carboxylic acid groups (broad SMARTS) is 1. The summed E-state index contributed by atoms with van der Waals surface area (Å²) < 4.78 is 12.6. The van der Waals surface area contributed by atoms with Gasteiger partial charge in [0.05, 0.1) is 23.8 Å². The van der Waals surface area contributed by atoms with Crippen molar-refractivity contribution < 1.29 is 58.5 Å². The number of aromatic carboxylic acids is 1. The second-order valence-electron chi connectivity index (χ2n) is 11.5. The fourth-order valence-corrected chi connectivity index (χ4v) is 6.51. The van der Waals surface area contributed by atoms with E-state index in [1.807, 2.05) is 19.1 Å². The minimum Gasteiger partial charge on any atom is -0.545 e. The standard InChI is InChI=1S/C34H31N3O6.Na/c1-2-42-28-16-21(15-25-24(28)7-10-37-30(25)19-3-4-19)31(38)29-32(39)26-14-20(22-13-23(33(40)41)18-36-17-22)5-6-27(26)43-34(29)8-11-35-12-9-34;/h5-7,10,13-19,29,35H,2-4,8-9,11-12H2,1H3,(H,40,41);/q;+1/p-1/t29-;/m1./s1. The van der Waals surface area contributed by atoms with E-state index in [4.69, 9.17) is 9.47 Å². The zero-order chi connectivity index (χ0) is 29.7. The number of carboxylic acids is 1. The molecule has 1 N–H and O–H groups in total. The number of benzene rings is 2. The Bertz CT molecular complexity index is 1800. The van der Waals surface area contributed by atoms with Crippen LogP contribution in [0.5, 0.6) is 11.5 Å². The van der Waals surface area contributed by atoms with Gasteiger partial charge in [-0.1, -0.05) is 6.07 Å². The van der Waals surface area contributed by atoms with Crippen molar-refractivity contribution in [2.75, 3.05) is 19.7 Å². The number of nitrogens with zero attached hydrogens (tertiary/aromatic N) is 2. The minimum atomic E-state index is -1.34. The third-order valence-corrected chi connectivity index (χ3v) is 8.79. The Morgan fingerprint density at radius 2 is 1.82 bits per heavy atom. The molecule has 2 aromatic heterocycles. The van der Waals surface area contributed by atoms with E-state index in [2.05, 4.69) is 15.3 Å². The molecule has 0 radical (unpaired) electrons. The van der Waals surface area contributed by atoms with Gasteiger partial charge in [-0.15, -0.1) is 0 Å². The van der Waals surface area contributed by atoms with Crippen LogP contribution in [0.25, 0.3) is 21.9 Å². The molecular weight excluding hydrogens is 569 g/mol. The van der Waals surface area contributed by atoms with E-state index < -0.39 is 17.5 Å². The Morgan fingerprint density at radius 3 is 2.55 bits per heavy atom. The molecular formula is C34H30N3NaO6. The molecule has 2 aliphatic heterocycles. The molecule has 44 heavy (non-hydrogen) atoms. The van der Waals surface area contributed by atoms with Crippen molar-refractivity contribution in [2.24, 2.45) is 5.92 Å². The third-order valence-electron chi connectivity index (χ3n) is 8.79. The summed E-state index contributed by atoms with van der Waals surface area (Å²) in [6.45, 7) is 3.56. The fourth-order valence-electron chi connectivity index (χ4n) is 6.51. The smallest absolute Gasteiger partial charge is 0.545 e. The summed E-state index contributed by atoms with van der Waals surface area (Å²) in [6.07, 6.45) is 7.62. The van der Waals surface area contributed by atoms with E-state index in [0.29, 0.717) is 66.6 Å². The maximum atomic E-state index is 14.6. The Labute approximate surface area is 276 Å². The third kappa shape index (κ3) is 5.32. The van der Waals surface area contributed by atoms with E-state index in [1.54, 1.807) is 30.5 Å². The molecule has 1 aliphatic carbocycles. The molecule has 4 aromatic rings. The molecule has 0 amide bonds. The number of carbonyl (C=O) groups is 3. The molecule has 10 heteroatoms. The van der Waals surface area contributed by atoms with Crippen LogP contribution >= 0.6 is 0 Å². The van der Waals surface area contributed by atoms with E-state index in [-0.39, 0.29) is 52.3 Å². The average Bonchev–Trinajstić information content (AvgIpc) is 3.87. The van der Waals surface area contributed by atoms with Crippen LogP contribution in [0.1, 0.15) is 75.3 Å². The van der Waals surface area contributed by atoms with Crippen molar-refractivity contribution in [1.82, 2.24) is 15.3 Å². The van der Waals surface area contributed by atoms with Gasteiger partial charge in [-0.3, -0.25) is 19.6 Å². The van der Waals surface area contributed by atoms with Crippen LogP contribution in [0, 0.1) is 5.92 Å². The van der Waals surface area contributed by atoms with Crippen LogP contribution in [-0.2, 0) is 0 Å². The number of rotatable bonds is 7. The number of pyridine rings is 2. The van der Waals surface area contributed by atoms with Gasteiger partial charge >= 0.3 is 29.6 Å². The van der Waals surface area contributed by atoms with Crippen LogP contribution in [0.3, 0.4) is 0 Å².